The van der Waals surface area contributed by atoms with Gasteiger partial charge in [-0.3, -0.25) is 0 Å². The molecule has 0 spiro atoms. The number of thioether (sulfide) groups is 1. The van der Waals surface area contributed by atoms with Crippen molar-refractivity contribution in [2.45, 2.75) is 16.5 Å². The smallest absolute Gasteiger partial charge is 0.0474 e. The van der Waals surface area contributed by atoms with Crippen LogP contribution in [0.4, 0.5) is 0 Å². The average Bonchev–Trinajstić information content (AvgIpc) is 2.39. The average molecular weight is 283 g/mol. The minimum atomic E-state index is 0.572. The first-order valence-corrected chi connectivity index (χ1v) is 7.20. The molecule has 3 heteroatoms. The molecule has 0 unspecified atom stereocenters. The zero-order valence-electron chi connectivity index (χ0n) is 9.20. The van der Waals surface area contributed by atoms with Crippen molar-refractivity contribution in [1.82, 2.24) is 0 Å². The molecule has 0 aliphatic rings. The van der Waals surface area contributed by atoms with E-state index in [-0.39, 0.29) is 0 Å². The molecular weight excluding hydrogens is 271 g/mol. The second-order valence-electron chi connectivity index (χ2n) is 3.69. The molecule has 0 heterocycles. The maximum atomic E-state index is 5.84. The van der Waals surface area contributed by atoms with E-state index >= 15 is 0 Å². The van der Waals surface area contributed by atoms with E-state index in [1.165, 1.54) is 10.5 Å². The molecule has 0 fully saturated rings. The first-order chi connectivity index (χ1) is 8.28. The standard InChI is InChI=1S/C14H12Cl2S/c15-9-11-3-7-14(8-4-11)17-10-12-1-5-13(16)6-2-12/h1-8H,9-10H2. The van der Waals surface area contributed by atoms with Crippen LogP contribution < -0.4 is 0 Å². The summed E-state index contributed by atoms with van der Waals surface area (Å²) in [5, 5.41) is 0.783. The number of alkyl halides is 1. The van der Waals surface area contributed by atoms with Crippen molar-refractivity contribution in [1.29, 1.82) is 0 Å². The van der Waals surface area contributed by atoms with Crippen molar-refractivity contribution in [2.75, 3.05) is 0 Å². The van der Waals surface area contributed by atoms with E-state index in [1.54, 1.807) is 0 Å². The molecule has 0 atom stereocenters. The van der Waals surface area contributed by atoms with Crippen molar-refractivity contribution < 1.29 is 0 Å². The molecule has 0 radical (unpaired) electrons. The third-order valence-electron chi connectivity index (χ3n) is 2.40. The topological polar surface area (TPSA) is 0 Å². The van der Waals surface area contributed by atoms with Crippen LogP contribution in [0.15, 0.2) is 53.4 Å². The van der Waals surface area contributed by atoms with Crippen LogP contribution in [0.25, 0.3) is 0 Å². The Morgan fingerprint density at radius 3 is 2.00 bits per heavy atom. The maximum Gasteiger partial charge on any atom is 0.0474 e. The second kappa shape index (κ2) is 6.34. The molecule has 2 aromatic carbocycles. The zero-order valence-corrected chi connectivity index (χ0v) is 11.5. The molecule has 0 nitrogen and oxygen atoms in total. The highest BCUT2D eigenvalue weighted by molar-refractivity contribution is 7.98. The lowest BCUT2D eigenvalue weighted by Gasteiger charge is -2.03. The summed E-state index contributed by atoms with van der Waals surface area (Å²) in [7, 11) is 0. The highest BCUT2D eigenvalue weighted by Gasteiger charge is 1.97. The van der Waals surface area contributed by atoms with Gasteiger partial charge in [-0.25, -0.2) is 0 Å². The van der Waals surface area contributed by atoms with Crippen LogP contribution in [-0.4, -0.2) is 0 Å². The molecule has 0 bridgehead atoms. The van der Waals surface area contributed by atoms with E-state index in [9.17, 15) is 0 Å². The Kier molecular flexibility index (Phi) is 4.78. The zero-order chi connectivity index (χ0) is 12.1. The predicted molar refractivity (Wildman–Crippen MR) is 77.0 cm³/mol. The molecule has 0 saturated carbocycles. The minimum absolute atomic E-state index is 0.572. The van der Waals surface area contributed by atoms with Gasteiger partial charge < -0.3 is 0 Å². The van der Waals surface area contributed by atoms with Crippen molar-refractivity contribution in [3.05, 3.63) is 64.7 Å². The Labute approximate surface area is 116 Å². The molecule has 0 aliphatic carbocycles. The molecule has 0 aliphatic heterocycles. The van der Waals surface area contributed by atoms with Gasteiger partial charge in [-0.15, -0.1) is 23.4 Å². The molecule has 2 aromatic rings. The Hall–Kier alpha value is -0.630. The van der Waals surface area contributed by atoms with Crippen LogP contribution in [0.3, 0.4) is 0 Å². The van der Waals surface area contributed by atoms with Gasteiger partial charge in [-0.2, -0.15) is 0 Å². The fraction of sp³-hybridized carbons (Fsp3) is 0.143. The van der Waals surface area contributed by atoms with Crippen LogP contribution in [0.1, 0.15) is 11.1 Å². The van der Waals surface area contributed by atoms with Gasteiger partial charge in [-0.1, -0.05) is 35.9 Å². The Morgan fingerprint density at radius 2 is 1.41 bits per heavy atom. The summed E-state index contributed by atoms with van der Waals surface area (Å²) in [6, 6.07) is 16.3. The van der Waals surface area contributed by atoms with Crippen molar-refractivity contribution in [2.24, 2.45) is 0 Å². The van der Waals surface area contributed by atoms with Crippen LogP contribution in [0, 0.1) is 0 Å². The summed E-state index contributed by atoms with van der Waals surface area (Å²) in [5.74, 6) is 1.53. The molecule has 2 rings (SSSR count). The van der Waals surface area contributed by atoms with Crippen LogP contribution in [0.2, 0.25) is 5.02 Å². The lowest BCUT2D eigenvalue weighted by molar-refractivity contribution is 1.33. The van der Waals surface area contributed by atoms with E-state index in [1.807, 2.05) is 23.9 Å². The van der Waals surface area contributed by atoms with Crippen LogP contribution >= 0.6 is 35.0 Å². The SMILES string of the molecule is ClCc1ccc(SCc2ccc(Cl)cc2)cc1. The summed E-state index contributed by atoms with van der Waals surface area (Å²) >= 11 is 13.4. The summed E-state index contributed by atoms with van der Waals surface area (Å²) in [5.41, 5.74) is 2.43. The fourth-order valence-corrected chi connectivity index (χ4v) is 2.58. The summed E-state index contributed by atoms with van der Waals surface area (Å²) in [4.78, 5) is 1.26. The molecule has 17 heavy (non-hydrogen) atoms. The van der Waals surface area contributed by atoms with Crippen LogP contribution in [-0.2, 0) is 11.6 Å². The van der Waals surface area contributed by atoms with Gasteiger partial charge >= 0.3 is 0 Å². The highest BCUT2D eigenvalue weighted by Crippen LogP contribution is 2.24. The molecule has 0 aromatic heterocycles. The fourth-order valence-electron chi connectivity index (χ4n) is 1.42. The third kappa shape index (κ3) is 3.95. The Morgan fingerprint density at radius 1 is 0.824 bits per heavy atom. The number of hydrogen-bond donors (Lipinski definition) is 0. The number of halogens is 2. The first-order valence-electron chi connectivity index (χ1n) is 5.30. The molecule has 88 valence electrons. The minimum Gasteiger partial charge on any atom is -0.122 e. The van der Waals surface area contributed by atoms with E-state index in [2.05, 4.69) is 36.4 Å². The van der Waals surface area contributed by atoms with Gasteiger partial charge in [0.2, 0.25) is 0 Å². The third-order valence-corrected chi connectivity index (χ3v) is 4.04. The number of rotatable bonds is 4. The van der Waals surface area contributed by atoms with Gasteiger partial charge in [0.05, 0.1) is 0 Å². The van der Waals surface area contributed by atoms with Crippen molar-refractivity contribution in [3.8, 4) is 0 Å². The second-order valence-corrected chi connectivity index (χ2v) is 5.45. The summed E-state index contributed by atoms with van der Waals surface area (Å²) in [6.07, 6.45) is 0. The normalized spacial score (nSPS) is 10.5. The van der Waals surface area contributed by atoms with Gasteiger partial charge in [0.15, 0.2) is 0 Å². The lowest BCUT2D eigenvalue weighted by Crippen LogP contribution is -1.81. The maximum absolute atomic E-state index is 5.84. The highest BCUT2D eigenvalue weighted by atomic mass is 35.5. The first kappa shape index (κ1) is 12.8. The molecule has 0 saturated heterocycles. The Bertz CT molecular complexity index is 463. The number of benzene rings is 2. The van der Waals surface area contributed by atoms with Crippen molar-refractivity contribution >= 4 is 35.0 Å². The summed E-state index contributed by atoms with van der Waals surface area (Å²) in [6.45, 7) is 0. The van der Waals surface area contributed by atoms with Gasteiger partial charge in [0.1, 0.15) is 0 Å². The lowest BCUT2D eigenvalue weighted by atomic mass is 10.2. The Balaban J connectivity index is 1.95. The van der Waals surface area contributed by atoms with E-state index < -0.39 is 0 Å². The molecule has 0 amide bonds. The monoisotopic (exact) mass is 282 g/mol. The largest absolute Gasteiger partial charge is 0.122 e. The van der Waals surface area contributed by atoms with Crippen molar-refractivity contribution in [3.63, 3.8) is 0 Å². The van der Waals surface area contributed by atoms with E-state index in [0.717, 1.165) is 16.3 Å². The van der Waals surface area contributed by atoms with E-state index in [4.69, 9.17) is 23.2 Å². The van der Waals surface area contributed by atoms with Gasteiger partial charge in [-0.05, 0) is 35.4 Å². The predicted octanol–water partition coefficient (Wildman–Crippen LogP) is 5.37. The number of hydrogen-bond acceptors (Lipinski definition) is 1. The van der Waals surface area contributed by atoms with Gasteiger partial charge in [0, 0.05) is 21.6 Å². The molecular formula is C14H12Cl2S. The van der Waals surface area contributed by atoms with Crippen LogP contribution in [0.5, 0.6) is 0 Å². The van der Waals surface area contributed by atoms with Gasteiger partial charge in [0.25, 0.3) is 0 Å². The summed E-state index contributed by atoms with van der Waals surface area (Å²) < 4.78 is 0. The van der Waals surface area contributed by atoms with E-state index in [0.29, 0.717) is 5.88 Å². The molecule has 0 N–H and O–H groups in total. The quantitative estimate of drug-likeness (QED) is 0.537.